The molecule has 1 aliphatic carbocycles. The Bertz CT molecular complexity index is 997. The number of aromatic nitrogens is 2. The van der Waals surface area contributed by atoms with Crippen LogP contribution < -0.4 is 14.4 Å². The molecule has 10 heteroatoms. The van der Waals surface area contributed by atoms with E-state index in [9.17, 15) is 13.2 Å². The molecule has 4 rings (SSSR count). The molecule has 9 nitrogen and oxygen atoms in total. The summed E-state index contributed by atoms with van der Waals surface area (Å²) < 4.78 is 38.4. The number of ether oxygens (including phenoxy) is 1. The Labute approximate surface area is 156 Å². The number of fused-ring (bicyclic) bond motifs is 1. The van der Waals surface area contributed by atoms with E-state index < -0.39 is 10.0 Å². The molecule has 1 aromatic carbocycles. The molecular weight excluding hydrogens is 372 g/mol. The minimum atomic E-state index is -3.62. The molecule has 0 radical (unpaired) electrons. The van der Waals surface area contributed by atoms with Gasteiger partial charge in [0.05, 0.1) is 17.1 Å². The second-order valence-electron chi connectivity index (χ2n) is 6.71. The van der Waals surface area contributed by atoms with Crippen LogP contribution in [0.5, 0.6) is 5.75 Å². The molecule has 144 valence electrons. The molecule has 27 heavy (non-hydrogen) atoms. The zero-order valence-electron chi connectivity index (χ0n) is 15.1. The summed E-state index contributed by atoms with van der Waals surface area (Å²) in [5.41, 5.74) is 1.03. The van der Waals surface area contributed by atoms with Gasteiger partial charge in [-0.05, 0) is 31.4 Å². The lowest BCUT2D eigenvalue weighted by Gasteiger charge is -2.29. The number of aryl methyl sites for hydroxylation is 2. The Hall–Kier alpha value is -2.46. The maximum atomic E-state index is 12.6. The van der Waals surface area contributed by atoms with Crippen molar-refractivity contribution in [2.45, 2.75) is 50.6 Å². The molecule has 0 atom stereocenters. The minimum absolute atomic E-state index is 0.00966. The summed E-state index contributed by atoms with van der Waals surface area (Å²) in [5.74, 6) is 0.972. The van der Waals surface area contributed by atoms with Crippen molar-refractivity contribution in [1.82, 2.24) is 14.9 Å². The zero-order chi connectivity index (χ0) is 19.2. The molecule has 1 N–H and O–H groups in total. The van der Waals surface area contributed by atoms with E-state index in [0.717, 1.165) is 12.8 Å². The topological polar surface area (TPSA) is 115 Å². The maximum absolute atomic E-state index is 12.6. The fourth-order valence-corrected chi connectivity index (χ4v) is 4.47. The van der Waals surface area contributed by atoms with Crippen LogP contribution in [0.1, 0.15) is 37.0 Å². The highest BCUT2D eigenvalue weighted by Crippen LogP contribution is 2.37. The molecule has 1 aliphatic heterocycles. The molecule has 2 aliphatic rings. The largest absolute Gasteiger partial charge is 0.482 e. The van der Waals surface area contributed by atoms with Gasteiger partial charge in [-0.2, -0.15) is 4.98 Å². The predicted molar refractivity (Wildman–Crippen MR) is 94.9 cm³/mol. The Morgan fingerprint density at radius 1 is 1.33 bits per heavy atom. The quantitative estimate of drug-likeness (QED) is 0.788. The molecule has 0 unspecified atom stereocenters. The van der Waals surface area contributed by atoms with E-state index in [0.29, 0.717) is 35.1 Å². The third-order valence-electron chi connectivity index (χ3n) is 4.50. The smallest absolute Gasteiger partial charge is 0.265 e. The van der Waals surface area contributed by atoms with E-state index in [2.05, 4.69) is 14.9 Å². The van der Waals surface area contributed by atoms with Crippen molar-refractivity contribution in [1.29, 1.82) is 0 Å². The van der Waals surface area contributed by atoms with Gasteiger partial charge in [-0.15, -0.1) is 0 Å². The first kappa shape index (κ1) is 17.9. The van der Waals surface area contributed by atoms with Crippen molar-refractivity contribution in [2.75, 3.05) is 11.5 Å². The van der Waals surface area contributed by atoms with Crippen LogP contribution in [0.4, 0.5) is 5.69 Å². The number of carbonyl (C=O) groups is 1. The second-order valence-corrected chi connectivity index (χ2v) is 8.39. The van der Waals surface area contributed by atoms with Gasteiger partial charge < -0.3 is 9.26 Å². The molecule has 2 aromatic rings. The number of nitrogens with one attached hydrogen (secondary N) is 1. The standard InChI is InChI=1S/C17H20N4O5S/c1-3-16-18-15(19-26-16)8-21-12-6-10(2)14(7-13(12)25-9-17(21)22)27(23,24)20-11-4-5-11/h6-7,11,20H,3-5,8-9H2,1-2H3. The molecular formula is C17H20N4O5S. The van der Waals surface area contributed by atoms with Crippen LogP contribution in [0, 0.1) is 6.92 Å². The van der Waals surface area contributed by atoms with Crippen LogP contribution in [-0.2, 0) is 27.8 Å². The number of carbonyl (C=O) groups excluding carboxylic acids is 1. The Morgan fingerprint density at radius 3 is 2.78 bits per heavy atom. The van der Waals surface area contributed by atoms with E-state index in [1.807, 2.05) is 6.92 Å². The van der Waals surface area contributed by atoms with Gasteiger partial charge in [0.2, 0.25) is 15.9 Å². The number of nitrogens with zero attached hydrogens (tertiary/aromatic N) is 3. The van der Waals surface area contributed by atoms with Crippen molar-refractivity contribution < 1.29 is 22.5 Å². The van der Waals surface area contributed by atoms with Gasteiger partial charge in [0.1, 0.15) is 5.75 Å². The fraction of sp³-hybridized carbons (Fsp3) is 0.471. The Kier molecular flexibility index (Phi) is 4.39. The fourth-order valence-electron chi connectivity index (χ4n) is 2.92. The number of amides is 1. The van der Waals surface area contributed by atoms with E-state index in [4.69, 9.17) is 9.26 Å². The van der Waals surface area contributed by atoms with Gasteiger partial charge in [0.15, 0.2) is 12.4 Å². The lowest BCUT2D eigenvalue weighted by molar-refractivity contribution is -0.121. The molecule has 1 aromatic heterocycles. The highest BCUT2D eigenvalue weighted by Gasteiger charge is 2.32. The molecule has 0 spiro atoms. The van der Waals surface area contributed by atoms with Crippen LogP contribution in [0.15, 0.2) is 21.6 Å². The number of rotatable bonds is 6. The lowest BCUT2D eigenvalue weighted by Crippen LogP contribution is -2.39. The van der Waals surface area contributed by atoms with Crippen LogP contribution in [0.2, 0.25) is 0 Å². The number of sulfonamides is 1. The van der Waals surface area contributed by atoms with Crippen molar-refractivity contribution in [3.8, 4) is 5.75 Å². The lowest BCUT2D eigenvalue weighted by atomic mass is 10.1. The normalized spacial score (nSPS) is 17.0. The highest BCUT2D eigenvalue weighted by atomic mass is 32.2. The maximum Gasteiger partial charge on any atom is 0.265 e. The average Bonchev–Trinajstić information content (AvgIpc) is 3.30. The first-order valence-electron chi connectivity index (χ1n) is 8.79. The SMILES string of the molecule is CCc1nc(CN2C(=O)COc3cc(S(=O)(=O)NC4CC4)c(C)cc32)no1. The molecule has 2 heterocycles. The first-order chi connectivity index (χ1) is 12.9. The van der Waals surface area contributed by atoms with Gasteiger partial charge >= 0.3 is 0 Å². The second kappa shape index (κ2) is 6.61. The third-order valence-corrected chi connectivity index (χ3v) is 6.16. The molecule has 0 bridgehead atoms. The van der Waals surface area contributed by atoms with E-state index in [1.54, 1.807) is 13.0 Å². The van der Waals surface area contributed by atoms with Crippen molar-refractivity contribution in [3.63, 3.8) is 0 Å². The summed E-state index contributed by atoms with van der Waals surface area (Å²) in [4.78, 5) is 18.2. The number of hydrogen-bond donors (Lipinski definition) is 1. The van der Waals surface area contributed by atoms with Crippen molar-refractivity contribution >= 4 is 21.6 Å². The molecule has 0 saturated heterocycles. The van der Waals surface area contributed by atoms with Gasteiger partial charge in [0.25, 0.3) is 5.91 Å². The third kappa shape index (κ3) is 3.54. The number of anilines is 1. The summed E-state index contributed by atoms with van der Waals surface area (Å²) >= 11 is 0. The van der Waals surface area contributed by atoms with E-state index in [1.165, 1.54) is 11.0 Å². The summed E-state index contributed by atoms with van der Waals surface area (Å²) in [6.45, 7) is 3.55. The van der Waals surface area contributed by atoms with Crippen LogP contribution >= 0.6 is 0 Å². The van der Waals surface area contributed by atoms with Gasteiger partial charge in [0, 0.05) is 18.5 Å². The average molecular weight is 392 g/mol. The Balaban J connectivity index is 1.67. The van der Waals surface area contributed by atoms with Crippen LogP contribution in [0.25, 0.3) is 0 Å². The molecule has 1 amide bonds. The van der Waals surface area contributed by atoms with Crippen LogP contribution in [-0.4, -0.2) is 37.1 Å². The first-order valence-corrected chi connectivity index (χ1v) is 10.3. The highest BCUT2D eigenvalue weighted by molar-refractivity contribution is 7.89. The van der Waals surface area contributed by atoms with Gasteiger partial charge in [-0.1, -0.05) is 12.1 Å². The summed E-state index contributed by atoms with van der Waals surface area (Å²) in [6.07, 6.45) is 2.31. The molecule has 1 saturated carbocycles. The van der Waals surface area contributed by atoms with Crippen molar-refractivity contribution in [2.24, 2.45) is 0 Å². The van der Waals surface area contributed by atoms with E-state index in [-0.39, 0.29) is 30.0 Å². The van der Waals surface area contributed by atoms with Crippen molar-refractivity contribution in [3.05, 3.63) is 29.4 Å². The van der Waals surface area contributed by atoms with Gasteiger partial charge in [-0.25, -0.2) is 13.1 Å². The molecule has 1 fully saturated rings. The summed E-state index contributed by atoms with van der Waals surface area (Å²) in [6, 6.07) is 3.13. The summed E-state index contributed by atoms with van der Waals surface area (Å²) in [7, 11) is -3.62. The van der Waals surface area contributed by atoms with E-state index >= 15 is 0 Å². The van der Waals surface area contributed by atoms with Gasteiger partial charge in [-0.3, -0.25) is 9.69 Å². The zero-order valence-corrected chi connectivity index (χ0v) is 15.9. The van der Waals surface area contributed by atoms with Crippen LogP contribution in [0.3, 0.4) is 0 Å². The number of benzene rings is 1. The number of hydrogen-bond acceptors (Lipinski definition) is 7. The monoisotopic (exact) mass is 392 g/mol. The predicted octanol–water partition coefficient (Wildman–Crippen LogP) is 1.31. The minimum Gasteiger partial charge on any atom is -0.482 e. The Morgan fingerprint density at radius 2 is 2.11 bits per heavy atom. The summed E-state index contributed by atoms with van der Waals surface area (Å²) in [5, 5.41) is 3.88.